The molecule has 0 unspecified atom stereocenters. The number of rotatable bonds is 6. The molecule has 2 N–H and O–H groups in total. The van der Waals surface area contributed by atoms with E-state index in [1.807, 2.05) is 0 Å². The summed E-state index contributed by atoms with van der Waals surface area (Å²) in [5.41, 5.74) is 0.744. The maximum Gasteiger partial charge on any atom is 0.341 e. The fourth-order valence-corrected chi connectivity index (χ4v) is 1.45. The summed E-state index contributed by atoms with van der Waals surface area (Å²) in [6, 6.07) is 6.75. The van der Waals surface area contributed by atoms with Gasteiger partial charge in [-0.1, -0.05) is 12.1 Å². The fraction of sp³-hybridized carbons (Fsp3) is 0.231. The summed E-state index contributed by atoms with van der Waals surface area (Å²) in [5, 5.41) is 23.5. The Morgan fingerprint density at radius 3 is 2.68 bits per heavy atom. The summed E-state index contributed by atoms with van der Waals surface area (Å²) in [5.74, 6) is -0.542. The molecule has 1 aromatic heterocycles. The largest absolute Gasteiger partial charge is 0.482 e. The van der Waals surface area contributed by atoms with E-state index in [4.69, 9.17) is 9.84 Å². The first kappa shape index (κ1) is 15.3. The van der Waals surface area contributed by atoms with Crippen molar-refractivity contribution in [3.63, 3.8) is 0 Å². The van der Waals surface area contributed by atoms with Crippen LogP contribution in [0.5, 0.6) is 5.75 Å². The van der Waals surface area contributed by atoms with Gasteiger partial charge in [0, 0.05) is 0 Å². The molecule has 0 atom stereocenters. The molecular weight excluding hydrogens is 290 g/mol. The highest BCUT2D eigenvalue weighted by molar-refractivity contribution is 5.68. The van der Waals surface area contributed by atoms with Gasteiger partial charge >= 0.3 is 5.97 Å². The van der Waals surface area contributed by atoms with Gasteiger partial charge < -0.3 is 9.84 Å². The Kier molecular flexibility index (Phi) is 4.91. The third kappa shape index (κ3) is 4.47. The molecule has 114 valence electrons. The summed E-state index contributed by atoms with van der Waals surface area (Å²) in [6.45, 7) is 1.43. The minimum absolute atomic E-state index is 0.0389. The zero-order chi connectivity index (χ0) is 15.9. The summed E-state index contributed by atoms with van der Waals surface area (Å²) in [4.78, 5) is 24.1. The highest BCUT2D eigenvalue weighted by atomic mass is 16.5. The molecule has 0 bridgehead atoms. The lowest BCUT2D eigenvalue weighted by Crippen LogP contribution is -2.12. The van der Waals surface area contributed by atoms with Gasteiger partial charge in [-0.3, -0.25) is 9.78 Å². The summed E-state index contributed by atoms with van der Waals surface area (Å²) < 4.78 is 5.01. The van der Waals surface area contributed by atoms with Crippen molar-refractivity contribution >= 4 is 11.9 Å². The molecule has 0 radical (unpaired) electrons. The molecule has 0 aliphatic heterocycles. The zero-order valence-corrected chi connectivity index (χ0v) is 11.7. The van der Waals surface area contributed by atoms with Crippen molar-refractivity contribution in [1.29, 1.82) is 0 Å². The highest BCUT2D eigenvalue weighted by Gasteiger charge is 2.00. The molecule has 0 saturated carbocycles. The summed E-state index contributed by atoms with van der Waals surface area (Å²) in [6.07, 6.45) is 0. The third-order valence-electron chi connectivity index (χ3n) is 2.55. The lowest BCUT2D eigenvalue weighted by atomic mass is 10.2. The first-order valence-electron chi connectivity index (χ1n) is 6.29. The van der Waals surface area contributed by atoms with Crippen LogP contribution in [-0.4, -0.2) is 32.9 Å². The SMILES string of the molecule is Cc1nnc(N=NCc2ccc(OCC(=O)O)cc2)[nH]c1=O. The van der Waals surface area contributed by atoms with E-state index in [2.05, 4.69) is 25.4 Å². The second kappa shape index (κ2) is 7.07. The Balaban J connectivity index is 1.93. The van der Waals surface area contributed by atoms with Crippen LogP contribution in [-0.2, 0) is 11.3 Å². The lowest BCUT2D eigenvalue weighted by molar-refractivity contribution is -0.139. The van der Waals surface area contributed by atoms with E-state index < -0.39 is 12.6 Å². The van der Waals surface area contributed by atoms with E-state index in [1.54, 1.807) is 31.2 Å². The van der Waals surface area contributed by atoms with Crippen molar-refractivity contribution < 1.29 is 14.6 Å². The number of carbonyl (C=O) groups is 1. The average Bonchev–Trinajstić information content (AvgIpc) is 2.50. The van der Waals surface area contributed by atoms with Crippen LogP contribution in [0.4, 0.5) is 5.95 Å². The first-order valence-corrected chi connectivity index (χ1v) is 6.29. The van der Waals surface area contributed by atoms with Gasteiger partial charge in [-0.25, -0.2) is 4.79 Å². The number of azo groups is 1. The van der Waals surface area contributed by atoms with E-state index in [0.717, 1.165) is 5.56 Å². The number of nitrogens with zero attached hydrogens (tertiary/aromatic N) is 4. The third-order valence-corrected chi connectivity index (χ3v) is 2.55. The van der Waals surface area contributed by atoms with E-state index in [1.165, 1.54) is 0 Å². The molecule has 0 saturated heterocycles. The standard InChI is InChI=1S/C13H13N5O4/c1-8-12(21)15-13(18-16-8)17-14-6-9-2-4-10(5-3-9)22-7-11(19)20/h2-5H,6-7H2,1H3,(H,19,20)(H,15,18,21). The Morgan fingerprint density at radius 1 is 1.32 bits per heavy atom. The topological polar surface area (TPSA) is 130 Å². The van der Waals surface area contributed by atoms with Crippen molar-refractivity contribution in [2.75, 3.05) is 6.61 Å². The normalized spacial score (nSPS) is 10.8. The highest BCUT2D eigenvalue weighted by Crippen LogP contribution is 2.13. The van der Waals surface area contributed by atoms with Gasteiger partial charge in [-0.05, 0) is 24.6 Å². The van der Waals surface area contributed by atoms with Crippen LogP contribution in [0.15, 0.2) is 39.3 Å². The number of aromatic nitrogens is 3. The maximum atomic E-state index is 11.3. The molecule has 0 aliphatic carbocycles. The molecule has 0 spiro atoms. The minimum atomic E-state index is -1.04. The molecule has 2 aromatic rings. The minimum Gasteiger partial charge on any atom is -0.482 e. The van der Waals surface area contributed by atoms with Crippen molar-refractivity contribution in [3.8, 4) is 5.75 Å². The lowest BCUT2D eigenvalue weighted by Gasteiger charge is -2.03. The number of ether oxygens (including phenoxy) is 1. The van der Waals surface area contributed by atoms with Crippen LogP contribution in [0.1, 0.15) is 11.3 Å². The number of carboxylic acid groups (broad SMARTS) is 1. The van der Waals surface area contributed by atoms with E-state index in [0.29, 0.717) is 5.75 Å². The van der Waals surface area contributed by atoms with E-state index in [-0.39, 0.29) is 23.7 Å². The quantitative estimate of drug-likeness (QED) is 0.771. The van der Waals surface area contributed by atoms with Gasteiger partial charge in [-0.15, -0.1) is 15.3 Å². The monoisotopic (exact) mass is 303 g/mol. The van der Waals surface area contributed by atoms with Gasteiger partial charge in [0.25, 0.3) is 11.5 Å². The molecule has 2 rings (SSSR count). The molecule has 1 aromatic carbocycles. The molecule has 0 aliphatic rings. The number of aromatic amines is 1. The van der Waals surface area contributed by atoms with Gasteiger partial charge in [0.05, 0.1) is 6.54 Å². The number of nitrogens with one attached hydrogen (secondary N) is 1. The van der Waals surface area contributed by atoms with Crippen LogP contribution in [0.2, 0.25) is 0 Å². The maximum absolute atomic E-state index is 11.3. The first-order chi connectivity index (χ1) is 10.5. The summed E-state index contributed by atoms with van der Waals surface area (Å²) in [7, 11) is 0. The summed E-state index contributed by atoms with van der Waals surface area (Å²) >= 11 is 0. The van der Waals surface area contributed by atoms with Crippen molar-refractivity contribution in [2.24, 2.45) is 10.2 Å². The Hall–Kier alpha value is -3.10. The predicted molar refractivity (Wildman–Crippen MR) is 75.2 cm³/mol. The van der Waals surface area contributed by atoms with Crippen LogP contribution in [0, 0.1) is 6.92 Å². The van der Waals surface area contributed by atoms with E-state index >= 15 is 0 Å². The van der Waals surface area contributed by atoms with Gasteiger partial charge in [0.1, 0.15) is 11.4 Å². The number of hydrogen-bond acceptors (Lipinski definition) is 7. The molecule has 0 fully saturated rings. The van der Waals surface area contributed by atoms with Gasteiger partial charge in [0.15, 0.2) is 6.61 Å². The van der Waals surface area contributed by atoms with Crippen LogP contribution >= 0.6 is 0 Å². The smallest absolute Gasteiger partial charge is 0.341 e. The molecular formula is C13H13N5O4. The molecule has 22 heavy (non-hydrogen) atoms. The average molecular weight is 303 g/mol. The van der Waals surface area contributed by atoms with Gasteiger partial charge in [0.2, 0.25) is 0 Å². The number of benzene rings is 1. The number of aliphatic carboxylic acids is 1. The molecule has 9 nitrogen and oxygen atoms in total. The second-order valence-corrected chi connectivity index (χ2v) is 4.29. The van der Waals surface area contributed by atoms with E-state index in [9.17, 15) is 9.59 Å². The Labute approximate surface area is 124 Å². The number of hydrogen-bond donors (Lipinski definition) is 2. The Morgan fingerprint density at radius 2 is 2.05 bits per heavy atom. The molecule has 1 heterocycles. The second-order valence-electron chi connectivity index (χ2n) is 4.29. The van der Waals surface area contributed by atoms with Crippen LogP contribution < -0.4 is 10.3 Å². The van der Waals surface area contributed by atoms with Crippen LogP contribution in [0.3, 0.4) is 0 Å². The number of carboxylic acids is 1. The molecule has 0 amide bonds. The van der Waals surface area contributed by atoms with Gasteiger partial charge in [-0.2, -0.15) is 5.11 Å². The number of H-pyrrole nitrogens is 1. The van der Waals surface area contributed by atoms with Crippen molar-refractivity contribution in [1.82, 2.24) is 15.2 Å². The van der Waals surface area contributed by atoms with Crippen molar-refractivity contribution in [3.05, 3.63) is 45.9 Å². The van der Waals surface area contributed by atoms with Crippen LogP contribution in [0.25, 0.3) is 0 Å². The molecule has 9 heteroatoms. The fourth-order valence-electron chi connectivity index (χ4n) is 1.45. The Bertz CT molecular complexity index is 739. The predicted octanol–water partition coefficient (Wildman–Crippen LogP) is 1.22. The zero-order valence-electron chi connectivity index (χ0n) is 11.7. The van der Waals surface area contributed by atoms with Crippen molar-refractivity contribution in [2.45, 2.75) is 13.5 Å². The number of aryl methyl sites for hydroxylation is 1.